The molecule has 0 atom stereocenters. The number of halogens is 1. The Balaban J connectivity index is 2.02. The molecule has 1 N–H and O–H groups in total. The van der Waals surface area contributed by atoms with Crippen molar-refractivity contribution < 1.29 is 19.0 Å². The van der Waals surface area contributed by atoms with E-state index in [1.807, 2.05) is 31.2 Å². The number of hydrogen-bond donors (Lipinski definition) is 1. The summed E-state index contributed by atoms with van der Waals surface area (Å²) in [6.45, 7) is 1.82. The molecule has 7 heteroatoms. The van der Waals surface area contributed by atoms with Crippen LogP contribution in [0.1, 0.15) is 21.7 Å². The standard InChI is InChI=1S/C20H19BrN2O4/c1-11-17(23-20(22-11)12-5-7-14(21)8-6-12)18(24)13-9-15(25-2)19(27-4)16(10-13)26-3/h5-10H,1-4H3,(H,22,23). The first-order valence-electron chi connectivity index (χ1n) is 8.15. The van der Waals surface area contributed by atoms with Crippen molar-refractivity contribution in [1.82, 2.24) is 9.97 Å². The Morgan fingerprint density at radius 2 is 1.59 bits per heavy atom. The molecular formula is C20H19BrN2O4. The van der Waals surface area contributed by atoms with Gasteiger partial charge in [0, 0.05) is 21.3 Å². The van der Waals surface area contributed by atoms with Gasteiger partial charge in [-0.25, -0.2) is 4.98 Å². The Morgan fingerprint density at radius 1 is 1.00 bits per heavy atom. The summed E-state index contributed by atoms with van der Waals surface area (Å²) in [7, 11) is 4.54. The van der Waals surface area contributed by atoms with Crippen LogP contribution in [0.25, 0.3) is 11.4 Å². The van der Waals surface area contributed by atoms with Gasteiger partial charge in [0.25, 0.3) is 0 Å². The van der Waals surface area contributed by atoms with Gasteiger partial charge in [0.05, 0.1) is 21.3 Å². The van der Waals surface area contributed by atoms with Gasteiger partial charge in [-0.3, -0.25) is 4.79 Å². The van der Waals surface area contributed by atoms with Gasteiger partial charge >= 0.3 is 0 Å². The second kappa shape index (κ2) is 7.84. The number of imidazole rings is 1. The van der Waals surface area contributed by atoms with Crippen LogP contribution in [-0.2, 0) is 0 Å². The van der Waals surface area contributed by atoms with Crippen LogP contribution in [-0.4, -0.2) is 37.1 Å². The Kier molecular flexibility index (Phi) is 5.51. The summed E-state index contributed by atoms with van der Waals surface area (Å²) in [5.74, 6) is 1.68. The average Bonchev–Trinajstić information content (AvgIpc) is 3.08. The van der Waals surface area contributed by atoms with Crippen molar-refractivity contribution in [2.45, 2.75) is 6.92 Å². The first kappa shape index (κ1) is 19.0. The molecule has 2 aromatic carbocycles. The van der Waals surface area contributed by atoms with Crippen molar-refractivity contribution in [1.29, 1.82) is 0 Å². The number of ether oxygens (including phenoxy) is 3. The molecule has 0 aliphatic rings. The van der Waals surface area contributed by atoms with Crippen molar-refractivity contribution in [3.05, 3.63) is 57.8 Å². The fraction of sp³-hybridized carbons (Fsp3) is 0.200. The number of carbonyl (C=O) groups is 1. The van der Waals surface area contributed by atoms with E-state index in [2.05, 4.69) is 25.9 Å². The monoisotopic (exact) mass is 430 g/mol. The third-order valence-electron chi connectivity index (χ3n) is 4.14. The molecule has 0 radical (unpaired) electrons. The number of nitrogens with zero attached hydrogens (tertiary/aromatic N) is 1. The minimum atomic E-state index is -0.230. The number of methoxy groups -OCH3 is 3. The second-order valence-electron chi connectivity index (χ2n) is 5.81. The zero-order chi connectivity index (χ0) is 19.6. The molecule has 3 aromatic rings. The van der Waals surface area contributed by atoms with Crippen LogP contribution in [0.4, 0.5) is 0 Å². The van der Waals surface area contributed by atoms with Crippen molar-refractivity contribution >= 4 is 21.7 Å². The molecule has 1 heterocycles. The van der Waals surface area contributed by atoms with Gasteiger partial charge in [-0.05, 0) is 31.2 Å². The van der Waals surface area contributed by atoms with Gasteiger partial charge in [-0.1, -0.05) is 28.1 Å². The number of aromatic amines is 1. The predicted molar refractivity (Wildman–Crippen MR) is 106 cm³/mol. The zero-order valence-corrected chi connectivity index (χ0v) is 17.0. The summed E-state index contributed by atoms with van der Waals surface area (Å²) < 4.78 is 16.9. The van der Waals surface area contributed by atoms with Crippen molar-refractivity contribution in [2.75, 3.05) is 21.3 Å². The van der Waals surface area contributed by atoms with E-state index >= 15 is 0 Å². The Hall–Kier alpha value is -2.80. The number of nitrogens with one attached hydrogen (secondary N) is 1. The maximum Gasteiger partial charge on any atom is 0.213 e. The molecule has 1 aromatic heterocycles. The molecule has 0 aliphatic carbocycles. The Labute approximate surface area is 165 Å². The number of aryl methyl sites for hydroxylation is 1. The van der Waals surface area contributed by atoms with E-state index in [0.717, 1.165) is 10.0 Å². The van der Waals surface area contributed by atoms with Gasteiger partial charge in [-0.2, -0.15) is 0 Å². The number of hydrogen-bond acceptors (Lipinski definition) is 5. The molecule has 6 nitrogen and oxygen atoms in total. The van der Waals surface area contributed by atoms with Crippen LogP contribution in [0.2, 0.25) is 0 Å². The summed E-state index contributed by atoms with van der Waals surface area (Å²) in [6.07, 6.45) is 0. The number of carbonyl (C=O) groups excluding carboxylic acids is 1. The molecule has 0 saturated heterocycles. The lowest BCUT2D eigenvalue weighted by Gasteiger charge is -2.13. The van der Waals surface area contributed by atoms with Crippen molar-refractivity contribution in [3.63, 3.8) is 0 Å². The highest BCUT2D eigenvalue weighted by atomic mass is 79.9. The van der Waals surface area contributed by atoms with Crippen molar-refractivity contribution in [3.8, 4) is 28.6 Å². The number of H-pyrrole nitrogens is 1. The lowest BCUT2D eigenvalue weighted by Crippen LogP contribution is -2.06. The van der Waals surface area contributed by atoms with Crippen molar-refractivity contribution in [2.24, 2.45) is 0 Å². The molecule has 0 unspecified atom stereocenters. The third-order valence-corrected chi connectivity index (χ3v) is 4.67. The maximum absolute atomic E-state index is 13.1. The van der Waals surface area contributed by atoms with E-state index in [1.165, 1.54) is 21.3 Å². The maximum atomic E-state index is 13.1. The Morgan fingerprint density at radius 3 is 2.11 bits per heavy atom. The first-order valence-corrected chi connectivity index (χ1v) is 8.95. The Bertz CT molecular complexity index is 955. The van der Waals surface area contributed by atoms with Crippen LogP contribution in [0, 0.1) is 6.92 Å². The lowest BCUT2D eigenvalue weighted by atomic mass is 10.1. The van der Waals surface area contributed by atoms with E-state index in [-0.39, 0.29) is 5.78 Å². The minimum absolute atomic E-state index is 0.230. The molecule has 27 heavy (non-hydrogen) atoms. The van der Waals surface area contributed by atoms with E-state index < -0.39 is 0 Å². The molecule has 0 fully saturated rings. The fourth-order valence-corrected chi connectivity index (χ4v) is 3.04. The largest absolute Gasteiger partial charge is 0.493 e. The predicted octanol–water partition coefficient (Wildman–Crippen LogP) is 4.40. The topological polar surface area (TPSA) is 73.4 Å². The number of ketones is 1. The summed E-state index contributed by atoms with van der Waals surface area (Å²) in [4.78, 5) is 20.7. The molecule has 0 saturated carbocycles. The van der Waals surface area contributed by atoms with Crippen LogP contribution in [0.5, 0.6) is 17.2 Å². The number of rotatable bonds is 6. The summed E-state index contributed by atoms with van der Waals surface area (Å²) in [5, 5.41) is 0. The molecule has 0 amide bonds. The van der Waals surface area contributed by atoms with Crippen LogP contribution < -0.4 is 14.2 Å². The lowest BCUT2D eigenvalue weighted by molar-refractivity contribution is 0.103. The molecule has 0 bridgehead atoms. The van der Waals surface area contributed by atoms with E-state index in [4.69, 9.17) is 14.2 Å². The summed E-state index contributed by atoms with van der Waals surface area (Å²) in [6, 6.07) is 10.9. The first-order chi connectivity index (χ1) is 13.0. The van der Waals surface area contributed by atoms with Gasteiger partial charge in [-0.15, -0.1) is 0 Å². The van der Waals surface area contributed by atoms with Gasteiger partial charge < -0.3 is 19.2 Å². The smallest absolute Gasteiger partial charge is 0.213 e. The summed E-state index contributed by atoms with van der Waals surface area (Å²) in [5.41, 5.74) is 2.33. The highest BCUT2D eigenvalue weighted by molar-refractivity contribution is 9.10. The van der Waals surface area contributed by atoms with E-state index in [9.17, 15) is 4.79 Å². The van der Waals surface area contributed by atoms with E-state index in [1.54, 1.807) is 12.1 Å². The number of benzene rings is 2. The van der Waals surface area contributed by atoms with E-state index in [0.29, 0.717) is 40.0 Å². The molecule has 140 valence electrons. The molecule has 3 rings (SSSR count). The van der Waals surface area contributed by atoms with Crippen LogP contribution in [0.15, 0.2) is 40.9 Å². The SMILES string of the molecule is COc1cc(C(=O)c2nc(-c3ccc(Br)cc3)[nH]c2C)cc(OC)c1OC. The quantitative estimate of drug-likeness (QED) is 0.586. The van der Waals surface area contributed by atoms with Gasteiger partial charge in [0.1, 0.15) is 11.5 Å². The highest BCUT2D eigenvalue weighted by Gasteiger charge is 2.22. The van der Waals surface area contributed by atoms with Gasteiger partial charge in [0.15, 0.2) is 11.5 Å². The zero-order valence-electron chi connectivity index (χ0n) is 15.4. The summed E-state index contributed by atoms with van der Waals surface area (Å²) >= 11 is 3.41. The second-order valence-corrected chi connectivity index (χ2v) is 6.72. The third kappa shape index (κ3) is 3.68. The average molecular weight is 431 g/mol. The molecule has 0 aliphatic heterocycles. The fourth-order valence-electron chi connectivity index (χ4n) is 2.77. The van der Waals surface area contributed by atoms with Gasteiger partial charge in [0.2, 0.25) is 11.5 Å². The molecule has 0 spiro atoms. The molecular weight excluding hydrogens is 412 g/mol. The normalized spacial score (nSPS) is 10.6. The number of aromatic nitrogens is 2. The van der Waals surface area contributed by atoms with Crippen LogP contribution in [0.3, 0.4) is 0 Å². The minimum Gasteiger partial charge on any atom is -0.493 e. The van der Waals surface area contributed by atoms with Crippen LogP contribution >= 0.6 is 15.9 Å². The highest BCUT2D eigenvalue weighted by Crippen LogP contribution is 2.38.